The molecule has 1 aliphatic heterocycles. The van der Waals surface area contributed by atoms with Gasteiger partial charge < -0.3 is 4.52 Å². The van der Waals surface area contributed by atoms with Gasteiger partial charge in [-0.1, -0.05) is 47.1 Å². The van der Waals surface area contributed by atoms with Gasteiger partial charge in [0.25, 0.3) is 0 Å². The van der Waals surface area contributed by atoms with Crippen LogP contribution in [0.1, 0.15) is 19.1 Å². The molecule has 0 radical (unpaired) electrons. The van der Waals surface area contributed by atoms with Gasteiger partial charge in [0.05, 0.1) is 6.54 Å². The first kappa shape index (κ1) is 12.2. The van der Waals surface area contributed by atoms with E-state index in [0.29, 0.717) is 0 Å². The highest BCUT2D eigenvalue weighted by Gasteiger charge is 2.13. The third-order valence-corrected chi connectivity index (χ3v) is 3.53. The molecule has 2 aromatic rings. The molecule has 3 rings (SSSR count). The lowest BCUT2D eigenvalue weighted by Crippen LogP contribution is -2.27. The molecule has 0 saturated heterocycles. The van der Waals surface area contributed by atoms with Gasteiger partial charge in [-0.05, 0) is 13.3 Å². The first-order chi connectivity index (χ1) is 9.31. The minimum absolute atomic E-state index is 0.837. The first-order valence-electron chi connectivity index (χ1n) is 6.70. The van der Waals surface area contributed by atoms with Crippen molar-refractivity contribution >= 4 is 0 Å². The summed E-state index contributed by atoms with van der Waals surface area (Å²) >= 11 is 0. The van der Waals surface area contributed by atoms with Gasteiger partial charge in [-0.3, -0.25) is 4.90 Å². The minimum atomic E-state index is 0.837. The number of hydrogen-bond acceptors (Lipinski definition) is 3. The van der Waals surface area contributed by atoms with Crippen LogP contribution in [0.4, 0.5) is 0 Å². The fourth-order valence-corrected chi connectivity index (χ4v) is 2.31. The molecule has 19 heavy (non-hydrogen) atoms. The highest BCUT2D eigenvalue weighted by Crippen LogP contribution is 2.20. The maximum atomic E-state index is 5.44. The van der Waals surface area contributed by atoms with E-state index < -0.39 is 0 Å². The maximum Gasteiger partial charge on any atom is 0.151 e. The van der Waals surface area contributed by atoms with Crippen molar-refractivity contribution in [2.45, 2.75) is 19.9 Å². The highest BCUT2D eigenvalue weighted by atomic mass is 16.5. The normalized spacial score (nSPS) is 16.4. The van der Waals surface area contributed by atoms with Crippen molar-refractivity contribution < 1.29 is 4.52 Å². The van der Waals surface area contributed by atoms with E-state index >= 15 is 0 Å². The summed E-state index contributed by atoms with van der Waals surface area (Å²) in [6, 6.07) is 12.2. The molecule has 0 bridgehead atoms. The minimum Gasteiger partial charge on any atom is -0.359 e. The summed E-state index contributed by atoms with van der Waals surface area (Å²) in [6.07, 6.45) is 3.44. The van der Waals surface area contributed by atoms with Crippen molar-refractivity contribution in [3.63, 3.8) is 0 Å². The molecule has 0 N–H and O–H groups in total. The van der Waals surface area contributed by atoms with Gasteiger partial charge >= 0.3 is 0 Å². The van der Waals surface area contributed by atoms with E-state index in [4.69, 9.17) is 4.52 Å². The molecule has 1 aliphatic rings. The summed E-state index contributed by atoms with van der Waals surface area (Å²) in [6.45, 7) is 5.14. The molecule has 98 valence electrons. The van der Waals surface area contributed by atoms with Crippen LogP contribution in [0.2, 0.25) is 0 Å². The van der Waals surface area contributed by atoms with E-state index in [9.17, 15) is 0 Å². The summed E-state index contributed by atoms with van der Waals surface area (Å²) in [4.78, 5) is 2.38. The zero-order valence-corrected chi connectivity index (χ0v) is 11.2. The predicted molar refractivity (Wildman–Crippen MR) is 75.6 cm³/mol. The van der Waals surface area contributed by atoms with Crippen molar-refractivity contribution in [1.82, 2.24) is 10.1 Å². The fourth-order valence-electron chi connectivity index (χ4n) is 2.31. The van der Waals surface area contributed by atoms with Crippen molar-refractivity contribution in [3.05, 3.63) is 53.8 Å². The van der Waals surface area contributed by atoms with E-state index in [2.05, 4.69) is 35.2 Å². The van der Waals surface area contributed by atoms with Crippen LogP contribution >= 0.6 is 0 Å². The summed E-state index contributed by atoms with van der Waals surface area (Å²) in [5.74, 6) is 0.937. The van der Waals surface area contributed by atoms with Crippen LogP contribution in [0.5, 0.6) is 0 Å². The second-order valence-corrected chi connectivity index (χ2v) is 5.08. The molecule has 0 saturated carbocycles. The molecule has 0 spiro atoms. The number of rotatable bonds is 3. The molecular formula is C16H18N2O. The number of hydrogen-bond donors (Lipinski definition) is 0. The lowest BCUT2D eigenvalue weighted by atomic mass is 10.1. The number of nitrogens with zero attached hydrogens (tertiary/aromatic N) is 2. The van der Waals surface area contributed by atoms with Crippen molar-refractivity contribution in [2.24, 2.45) is 0 Å². The predicted octanol–water partition coefficient (Wildman–Crippen LogP) is 3.49. The van der Waals surface area contributed by atoms with E-state index in [1.807, 2.05) is 24.3 Å². The lowest BCUT2D eigenvalue weighted by Gasteiger charge is -2.23. The van der Waals surface area contributed by atoms with Gasteiger partial charge in [0.2, 0.25) is 0 Å². The van der Waals surface area contributed by atoms with Gasteiger partial charge in [-0.2, -0.15) is 0 Å². The Kier molecular flexibility index (Phi) is 3.47. The van der Waals surface area contributed by atoms with Crippen molar-refractivity contribution in [3.8, 4) is 11.3 Å². The van der Waals surface area contributed by atoms with Gasteiger partial charge in [0, 0.05) is 24.7 Å². The van der Waals surface area contributed by atoms with Crippen molar-refractivity contribution in [1.29, 1.82) is 0 Å². The monoisotopic (exact) mass is 254 g/mol. The molecule has 0 aliphatic carbocycles. The molecule has 1 aromatic carbocycles. The molecule has 3 nitrogen and oxygen atoms in total. The summed E-state index contributed by atoms with van der Waals surface area (Å²) in [5.41, 5.74) is 3.50. The Morgan fingerprint density at radius 1 is 1.26 bits per heavy atom. The van der Waals surface area contributed by atoms with Crippen LogP contribution in [-0.4, -0.2) is 23.1 Å². The van der Waals surface area contributed by atoms with Gasteiger partial charge in [0.15, 0.2) is 5.76 Å². The summed E-state index contributed by atoms with van der Waals surface area (Å²) in [7, 11) is 0. The lowest BCUT2D eigenvalue weighted by molar-refractivity contribution is 0.246. The average molecular weight is 254 g/mol. The van der Waals surface area contributed by atoms with Crippen LogP contribution in [-0.2, 0) is 6.54 Å². The largest absolute Gasteiger partial charge is 0.359 e. The second kappa shape index (κ2) is 5.41. The fraction of sp³-hybridized carbons (Fsp3) is 0.312. The zero-order chi connectivity index (χ0) is 13.1. The van der Waals surface area contributed by atoms with E-state index in [1.165, 1.54) is 5.57 Å². The van der Waals surface area contributed by atoms with Crippen LogP contribution in [0.3, 0.4) is 0 Å². The zero-order valence-electron chi connectivity index (χ0n) is 11.2. The maximum absolute atomic E-state index is 5.44. The standard InChI is InChI=1S/C16H18N2O/c1-13-7-9-18(10-8-13)12-15-11-16(17-19-15)14-5-3-2-4-6-14/h2-7,11H,8-10,12H2,1H3. The second-order valence-electron chi connectivity index (χ2n) is 5.08. The van der Waals surface area contributed by atoms with Gasteiger partial charge in [-0.25, -0.2) is 0 Å². The Morgan fingerprint density at radius 3 is 2.84 bits per heavy atom. The molecule has 2 heterocycles. The quantitative estimate of drug-likeness (QED) is 0.785. The Morgan fingerprint density at radius 2 is 2.11 bits per heavy atom. The molecule has 0 fully saturated rings. The Bertz CT molecular complexity index is 571. The Labute approximate surface area is 113 Å². The molecular weight excluding hydrogens is 236 g/mol. The smallest absolute Gasteiger partial charge is 0.151 e. The first-order valence-corrected chi connectivity index (χ1v) is 6.70. The van der Waals surface area contributed by atoms with Gasteiger partial charge in [0.1, 0.15) is 5.69 Å². The van der Waals surface area contributed by atoms with E-state index in [1.54, 1.807) is 0 Å². The summed E-state index contributed by atoms with van der Waals surface area (Å²) < 4.78 is 5.44. The molecule has 0 atom stereocenters. The molecule has 1 aromatic heterocycles. The average Bonchev–Trinajstić information content (AvgIpc) is 2.91. The third-order valence-electron chi connectivity index (χ3n) is 3.53. The van der Waals surface area contributed by atoms with Crippen molar-refractivity contribution in [2.75, 3.05) is 13.1 Å². The Hall–Kier alpha value is -1.87. The SMILES string of the molecule is CC1=CCN(Cc2cc(-c3ccccc3)no2)CC1. The van der Waals surface area contributed by atoms with Gasteiger partial charge in [-0.15, -0.1) is 0 Å². The summed E-state index contributed by atoms with van der Waals surface area (Å²) in [5, 5.41) is 4.15. The number of benzene rings is 1. The molecule has 3 heteroatoms. The van der Waals surface area contributed by atoms with Crippen LogP contribution in [0.15, 0.2) is 52.6 Å². The van der Waals surface area contributed by atoms with Crippen LogP contribution in [0, 0.1) is 0 Å². The van der Waals surface area contributed by atoms with Crippen LogP contribution in [0.25, 0.3) is 11.3 Å². The highest BCUT2D eigenvalue weighted by molar-refractivity contribution is 5.58. The molecule has 0 unspecified atom stereocenters. The van der Waals surface area contributed by atoms with E-state index in [0.717, 1.165) is 43.1 Å². The number of aromatic nitrogens is 1. The molecule has 0 amide bonds. The third kappa shape index (κ3) is 2.93. The van der Waals surface area contributed by atoms with E-state index in [-0.39, 0.29) is 0 Å². The Balaban J connectivity index is 1.69. The topological polar surface area (TPSA) is 29.3 Å². The van der Waals surface area contributed by atoms with Crippen LogP contribution < -0.4 is 0 Å².